The van der Waals surface area contributed by atoms with Crippen LogP contribution in [0.1, 0.15) is 10.5 Å². The number of amides is 1. The Morgan fingerprint density at radius 2 is 2.44 bits per heavy atom. The predicted molar refractivity (Wildman–Crippen MR) is 69.2 cm³/mol. The molecule has 1 heterocycles. The van der Waals surface area contributed by atoms with E-state index in [4.69, 9.17) is 11.6 Å². The van der Waals surface area contributed by atoms with E-state index in [0.29, 0.717) is 16.2 Å². The van der Waals surface area contributed by atoms with Crippen molar-refractivity contribution in [3.8, 4) is 0 Å². The standard InChI is InChI=1S/C9H9BrClN3OS/c1-5(10)3-12-8(15)7-6(11)4-13-9(14-7)16-2/h4H,1,3H2,2H3,(H,12,15). The largest absolute Gasteiger partial charge is 0.346 e. The Balaban J connectivity index is 2.85. The Bertz CT molecular complexity index is 427. The monoisotopic (exact) mass is 321 g/mol. The van der Waals surface area contributed by atoms with E-state index in [9.17, 15) is 4.79 Å². The third-order valence-corrected chi connectivity index (χ3v) is 2.68. The molecule has 16 heavy (non-hydrogen) atoms. The molecular formula is C9H9BrClN3OS. The summed E-state index contributed by atoms with van der Waals surface area (Å²) < 4.78 is 0.677. The maximum atomic E-state index is 11.7. The fourth-order valence-corrected chi connectivity index (χ4v) is 1.53. The number of nitrogens with zero attached hydrogens (tertiary/aromatic N) is 2. The van der Waals surface area contributed by atoms with Crippen LogP contribution in [0.4, 0.5) is 0 Å². The highest BCUT2D eigenvalue weighted by Crippen LogP contribution is 2.16. The first kappa shape index (κ1) is 13.5. The van der Waals surface area contributed by atoms with Crippen molar-refractivity contribution in [2.45, 2.75) is 5.16 Å². The van der Waals surface area contributed by atoms with E-state index in [1.807, 2.05) is 6.26 Å². The summed E-state index contributed by atoms with van der Waals surface area (Å²) in [6, 6.07) is 0. The maximum absolute atomic E-state index is 11.7. The van der Waals surface area contributed by atoms with Gasteiger partial charge in [0.2, 0.25) is 0 Å². The molecule has 1 aromatic heterocycles. The number of rotatable bonds is 4. The van der Waals surface area contributed by atoms with Crippen molar-refractivity contribution in [3.63, 3.8) is 0 Å². The highest BCUT2D eigenvalue weighted by atomic mass is 79.9. The van der Waals surface area contributed by atoms with E-state index >= 15 is 0 Å². The van der Waals surface area contributed by atoms with Gasteiger partial charge in [0.1, 0.15) is 0 Å². The van der Waals surface area contributed by atoms with Crippen LogP contribution < -0.4 is 5.32 Å². The summed E-state index contributed by atoms with van der Waals surface area (Å²) in [5, 5.41) is 3.36. The molecule has 0 aliphatic rings. The van der Waals surface area contributed by atoms with Crippen molar-refractivity contribution in [1.29, 1.82) is 0 Å². The Labute approximate surface area is 111 Å². The molecule has 86 valence electrons. The second-order valence-corrected chi connectivity index (χ2v) is 5.06. The molecule has 0 spiro atoms. The summed E-state index contributed by atoms with van der Waals surface area (Å²) in [5.74, 6) is -0.344. The highest BCUT2D eigenvalue weighted by molar-refractivity contribution is 9.11. The van der Waals surface area contributed by atoms with Crippen LogP contribution in [0.5, 0.6) is 0 Å². The second-order valence-electron chi connectivity index (χ2n) is 2.75. The third kappa shape index (κ3) is 3.77. The SMILES string of the molecule is C=C(Br)CNC(=O)c1nc(SC)ncc1Cl. The molecule has 7 heteroatoms. The van der Waals surface area contributed by atoms with E-state index in [0.717, 1.165) is 0 Å². The van der Waals surface area contributed by atoms with Gasteiger partial charge in [-0.15, -0.1) is 0 Å². The summed E-state index contributed by atoms with van der Waals surface area (Å²) in [6.07, 6.45) is 3.24. The topological polar surface area (TPSA) is 54.9 Å². The molecule has 0 bridgehead atoms. The fourth-order valence-electron chi connectivity index (χ4n) is 0.868. The molecule has 0 fully saturated rings. The Kier molecular flexibility index (Phi) is 5.24. The number of aromatic nitrogens is 2. The second kappa shape index (κ2) is 6.22. The van der Waals surface area contributed by atoms with Gasteiger partial charge < -0.3 is 5.32 Å². The van der Waals surface area contributed by atoms with Gasteiger partial charge in [-0.3, -0.25) is 4.79 Å². The fraction of sp³-hybridized carbons (Fsp3) is 0.222. The van der Waals surface area contributed by atoms with Crippen LogP contribution in [0.2, 0.25) is 5.02 Å². The van der Waals surface area contributed by atoms with Crippen molar-refractivity contribution in [1.82, 2.24) is 15.3 Å². The first-order valence-electron chi connectivity index (χ1n) is 4.22. The Hall–Kier alpha value is -0.590. The minimum Gasteiger partial charge on any atom is -0.346 e. The van der Waals surface area contributed by atoms with Gasteiger partial charge in [-0.05, 0) is 6.26 Å². The van der Waals surface area contributed by atoms with Gasteiger partial charge in [0.05, 0.1) is 11.2 Å². The molecule has 0 saturated heterocycles. The molecule has 4 nitrogen and oxygen atoms in total. The van der Waals surface area contributed by atoms with E-state index in [1.54, 1.807) is 0 Å². The van der Waals surface area contributed by atoms with Crippen LogP contribution in [-0.2, 0) is 0 Å². The minimum atomic E-state index is -0.344. The highest BCUT2D eigenvalue weighted by Gasteiger charge is 2.13. The molecular weight excluding hydrogens is 314 g/mol. The normalized spacial score (nSPS) is 9.94. The van der Waals surface area contributed by atoms with Crippen LogP contribution in [0.15, 0.2) is 22.4 Å². The lowest BCUT2D eigenvalue weighted by Gasteiger charge is -2.05. The molecule has 0 atom stereocenters. The van der Waals surface area contributed by atoms with E-state index in [2.05, 4.69) is 37.8 Å². The summed E-state index contributed by atoms with van der Waals surface area (Å²) in [6.45, 7) is 3.94. The summed E-state index contributed by atoms with van der Waals surface area (Å²) in [4.78, 5) is 19.7. The maximum Gasteiger partial charge on any atom is 0.271 e. The minimum absolute atomic E-state index is 0.176. The van der Waals surface area contributed by atoms with Gasteiger partial charge in [0, 0.05) is 11.0 Å². The predicted octanol–water partition coefficient (Wildman–Crippen LogP) is 2.49. The number of hydrogen-bond donors (Lipinski definition) is 1. The van der Waals surface area contributed by atoms with E-state index in [1.165, 1.54) is 18.0 Å². The number of carbonyl (C=O) groups is 1. The van der Waals surface area contributed by atoms with Crippen molar-refractivity contribution in [3.05, 3.63) is 28.0 Å². The number of halogens is 2. The molecule has 0 aliphatic heterocycles. The lowest BCUT2D eigenvalue weighted by Crippen LogP contribution is -2.26. The third-order valence-electron chi connectivity index (χ3n) is 1.56. The zero-order valence-electron chi connectivity index (χ0n) is 8.46. The summed E-state index contributed by atoms with van der Waals surface area (Å²) in [7, 11) is 0. The molecule has 0 aromatic carbocycles. The molecule has 1 rings (SSSR count). The molecule has 0 saturated carbocycles. The van der Waals surface area contributed by atoms with Crippen LogP contribution in [0, 0.1) is 0 Å². The lowest BCUT2D eigenvalue weighted by atomic mass is 10.4. The van der Waals surface area contributed by atoms with Gasteiger partial charge in [0.15, 0.2) is 10.9 Å². The number of nitrogens with one attached hydrogen (secondary N) is 1. The van der Waals surface area contributed by atoms with Gasteiger partial charge >= 0.3 is 0 Å². The molecule has 0 aliphatic carbocycles. The van der Waals surface area contributed by atoms with Gasteiger partial charge in [-0.2, -0.15) is 0 Å². The molecule has 1 N–H and O–H groups in total. The van der Waals surface area contributed by atoms with Crippen LogP contribution >= 0.6 is 39.3 Å². The van der Waals surface area contributed by atoms with Gasteiger partial charge in [-0.1, -0.05) is 45.9 Å². The van der Waals surface area contributed by atoms with Crippen molar-refractivity contribution in [2.75, 3.05) is 12.8 Å². The average Bonchev–Trinajstić information content (AvgIpc) is 2.26. The summed E-state index contributed by atoms with van der Waals surface area (Å²) >= 11 is 10.3. The van der Waals surface area contributed by atoms with Crippen molar-refractivity contribution >= 4 is 45.2 Å². The first-order chi connectivity index (χ1) is 7.54. The van der Waals surface area contributed by atoms with Gasteiger partial charge in [-0.25, -0.2) is 9.97 Å². The van der Waals surface area contributed by atoms with E-state index in [-0.39, 0.29) is 16.6 Å². The number of carbonyl (C=O) groups excluding carboxylic acids is 1. The first-order valence-corrected chi connectivity index (χ1v) is 6.62. The van der Waals surface area contributed by atoms with Crippen molar-refractivity contribution < 1.29 is 4.79 Å². The van der Waals surface area contributed by atoms with Crippen LogP contribution in [0.25, 0.3) is 0 Å². The zero-order chi connectivity index (χ0) is 12.1. The van der Waals surface area contributed by atoms with E-state index < -0.39 is 0 Å². The average molecular weight is 323 g/mol. The molecule has 1 aromatic rings. The Morgan fingerprint density at radius 3 is 3.00 bits per heavy atom. The Morgan fingerprint density at radius 1 is 1.75 bits per heavy atom. The van der Waals surface area contributed by atoms with Crippen molar-refractivity contribution in [2.24, 2.45) is 0 Å². The number of thioether (sulfide) groups is 1. The summed E-state index contributed by atoms with van der Waals surface area (Å²) in [5.41, 5.74) is 0.176. The molecule has 0 radical (unpaired) electrons. The zero-order valence-corrected chi connectivity index (χ0v) is 11.6. The molecule has 0 unspecified atom stereocenters. The number of hydrogen-bond acceptors (Lipinski definition) is 4. The smallest absolute Gasteiger partial charge is 0.271 e. The van der Waals surface area contributed by atoms with Gasteiger partial charge in [0.25, 0.3) is 5.91 Å². The lowest BCUT2D eigenvalue weighted by molar-refractivity contribution is 0.0952. The van der Waals surface area contributed by atoms with Crippen LogP contribution in [0.3, 0.4) is 0 Å². The van der Waals surface area contributed by atoms with Crippen LogP contribution in [-0.4, -0.2) is 28.7 Å². The quantitative estimate of drug-likeness (QED) is 0.683. The molecule has 1 amide bonds.